The highest BCUT2D eigenvalue weighted by Gasteiger charge is 2.25. The fraction of sp³-hybridized carbons (Fsp3) is 0.357. The van der Waals surface area contributed by atoms with Crippen LogP contribution < -0.4 is 11.5 Å². The minimum atomic E-state index is 0.150. The van der Waals surface area contributed by atoms with Gasteiger partial charge in [-0.3, -0.25) is 0 Å². The summed E-state index contributed by atoms with van der Waals surface area (Å²) in [5.41, 5.74) is 13.1. The van der Waals surface area contributed by atoms with Gasteiger partial charge in [-0.1, -0.05) is 13.8 Å². The summed E-state index contributed by atoms with van der Waals surface area (Å²) in [5.74, 6) is 1.71. The van der Waals surface area contributed by atoms with Crippen molar-refractivity contribution in [3.63, 3.8) is 0 Å². The highest BCUT2D eigenvalue weighted by atomic mass is 16.5. The summed E-state index contributed by atoms with van der Waals surface area (Å²) in [5, 5.41) is 0.743. The van der Waals surface area contributed by atoms with Crippen molar-refractivity contribution in [3.05, 3.63) is 24.0 Å². The van der Waals surface area contributed by atoms with Crippen LogP contribution in [0.25, 0.3) is 10.9 Å². The van der Waals surface area contributed by atoms with Gasteiger partial charge < -0.3 is 16.2 Å². The average Bonchev–Trinajstić information content (AvgIpc) is 2.89. The van der Waals surface area contributed by atoms with Crippen molar-refractivity contribution in [2.24, 2.45) is 10.9 Å². The van der Waals surface area contributed by atoms with Crippen LogP contribution in [0.2, 0.25) is 0 Å². The lowest BCUT2D eigenvalue weighted by molar-refractivity contribution is 0.290. The molecule has 1 atom stereocenters. The molecule has 0 fully saturated rings. The van der Waals surface area contributed by atoms with E-state index in [0.29, 0.717) is 35.8 Å². The van der Waals surface area contributed by atoms with E-state index in [-0.39, 0.29) is 6.04 Å². The molecule has 0 saturated carbocycles. The number of anilines is 2. The predicted molar refractivity (Wildman–Crippen MR) is 79.5 cm³/mol. The molecule has 0 amide bonds. The van der Waals surface area contributed by atoms with Crippen LogP contribution >= 0.6 is 0 Å². The normalized spacial score (nSPS) is 18.4. The van der Waals surface area contributed by atoms with Crippen LogP contribution in [0, 0.1) is 5.92 Å². The van der Waals surface area contributed by atoms with E-state index in [2.05, 4.69) is 28.8 Å². The van der Waals surface area contributed by atoms with E-state index in [9.17, 15) is 0 Å². The molecule has 1 aliphatic rings. The molecule has 0 bridgehead atoms. The third kappa shape index (κ3) is 2.13. The molecule has 2 heterocycles. The number of nitrogens with zero attached hydrogens (tertiary/aromatic N) is 3. The Labute approximate surface area is 116 Å². The highest BCUT2D eigenvalue weighted by Crippen LogP contribution is 2.22. The fourth-order valence-corrected chi connectivity index (χ4v) is 2.12. The molecule has 0 saturated heterocycles. The van der Waals surface area contributed by atoms with Gasteiger partial charge in [0.15, 0.2) is 0 Å². The molecule has 0 aliphatic carbocycles. The molecule has 2 aromatic rings. The quantitative estimate of drug-likeness (QED) is 0.808. The summed E-state index contributed by atoms with van der Waals surface area (Å²) in [4.78, 5) is 13.2. The zero-order valence-corrected chi connectivity index (χ0v) is 11.5. The lowest BCUT2D eigenvalue weighted by Crippen LogP contribution is -2.13. The molecule has 4 N–H and O–H groups in total. The third-order valence-corrected chi connectivity index (χ3v) is 3.38. The zero-order chi connectivity index (χ0) is 14.3. The van der Waals surface area contributed by atoms with Gasteiger partial charge >= 0.3 is 0 Å². The van der Waals surface area contributed by atoms with Crippen molar-refractivity contribution in [1.29, 1.82) is 0 Å². The Kier molecular flexibility index (Phi) is 2.93. The number of hydrogen-bond acceptors (Lipinski definition) is 6. The van der Waals surface area contributed by atoms with Crippen molar-refractivity contribution in [1.82, 2.24) is 9.97 Å². The number of nitrogen functional groups attached to an aromatic ring is 2. The van der Waals surface area contributed by atoms with Crippen LogP contribution in [0.15, 0.2) is 23.2 Å². The van der Waals surface area contributed by atoms with Crippen LogP contribution in [-0.4, -0.2) is 28.5 Å². The molecule has 1 aromatic heterocycles. The van der Waals surface area contributed by atoms with Gasteiger partial charge in [-0.25, -0.2) is 15.0 Å². The molecule has 0 spiro atoms. The van der Waals surface area contributed by atoms with Crippen molar-refractivity contribution >= 4 is 28.3 Å². The molecule has 6 heteroatoms. The monoisotopic (exact) mass is 271 g/mol. The van der Waals surface area contributed by atoms with Gasteiger partial charge in [-0.05, 0) is 24.1 Å². The van der Waals surface area contributed by atoms with E-state index in [0.717, 1.165) is 10.9 Å². The molecule has 1 unspecified atom stereocenters. The Bertz CT molecular complexity index is 695. The number of aliphatic imine (C=N–C) groups is 1. The summed E-state index contributed by atoms with van der Waals surface area (Å²) in [6, 6.07) is 5.52. The van der Waals surface area contributed by atoms with E-state index < -0.39 is 0 Å². The van der Waals surface area contributed by atoms with Crippen LogP contribution in [0.5, 0.6) is 0 Å². The number of ether oxygens (including phenoxy) is 1. The average molecular weight is 271 g/mol. The Balaban J connectivity index is 2.06. The van der Waals surface area contributed by atoms with Crippen LogP contribution in [0.4, 0.5) is 11.5 Å². The maximum atomic E-state index is 5.97. The smallest absolute Gasteiger partial charge is 0.255 e. The largest absolute Gasteiger partial charge is 0.473 e. The maximum Gasteiger partial charge on any atom is 0.255 e. The first-order chi connectivity index (χ1) is 9.54. The first kappa shape index (κ1) is 12.7. The maximum absolute atomic E-state index is 5.97. The number of hydrogen-bond donors (Lipinski definition) is 2. The van der Waals surface area contributed by atoms with Gasteiger partial charge in [0, 0.05) is 11.1 Å². The van der Waals surface area contributed by atoms with Crippen LogP contribution in [-0.2, 0) is 4.74 Å². The third-order valence-electron chi connectivity index (χ3n) is 3.38. The van der Waals surface area contributed by atoms with E-state index in [1.807, 2.05) is 6.07 Å². The van der Waals surface area contributed by atoms with E-state index in [1.165, 1.54) is 0 Å². The lowest BCUT2D eigenvalue weighted by Gasteiger charge is -2.06. The number of aromatic nitrogens is 2. The van der Waals surface area contributed by atoms with Crippen molar-refractivity contribution in [2.75, 3.05) is 18.1 Å². The molecular formula is C14H17N5O. The standard InChI is InChI=1S/C14H17N5O/c1-7(2)11-6-20-14(18-11)13-17-10-4-3-8(15)5-9(10)12(16)19-13/h3-5,7,11H,6,15H2,1-2H3,(H2,16,17,19). The van der Waals surface area contributed by atoms with Crippen molar-refractivity contribution in [2.45, 2.75) is 19.9 Å². The molecule has 0 radical (unpaired) electrons. The van der Waals surface area contributed by atoms with Crippen LogP contribution in [0.3, 0.4) is 0 Å². The summed E-state index contributed by atoms with van der Waals surface area (Å²) in [7, 11) is 0. The second kappa shape index (κ2) is 4.63. The highest BCUT2D eigenvalue weighted by molar-refractivity contribution is 5.97. The Morgan fingerprint density at radius 3 is 2.75 bits per heavy atom. The number of rotatable bonds is 2. The first-order valence-electron chi connectivity index (χ1n) is 6.58. The topological polar surface area (TPSA) is 99.4 Å². The zero-order valence-electron chi connectivity index (χ0n) is 11.5. The molecule has 3 rings (SSSR count). The molecule has 6 nitrogen and oxygen atoms in total. The van der Waals surface area contributed by atoms with Gasteiger partial charge in [-0.2, -0.15) is 0 Å². The molecular weight excluding hydrogens is 254 g/mol. The second-order valence-electron chi connectivity index (χ2n) is 5.27. The number of benzene rings is 1. The van der Waals surface area contributed by atoms with E-state index in [4.69, 9.17) is 16.2 Å². The summed E-state index contributed by atoms with van der Waals surface area (Å²) >= 11 is 0. The van der Waals surface area contributed by atoms with Crippen molar-refractivity contribution < 1.29 is 4.74 Å². The van der Waals surface area contributed by atoms with E-state index in [1.54, 1.807) is 12.1 Å². The number of fused-ring (bicyclic) bond motifs is 1. The predicted octanol–water partition coefficient (Wildman–Crippen LogP) is 1.60. The summed E-state index contributed by atoms with van der Waals surface area (Å²) in [6.07, 6.45) is 0. The SMILES string of the molecule is CC(C)C1COC(c2nc(N)c3cc(N)ccc3n2)=N1. The molecule has 104 valence electrons. The van der Waals surface area contributed by atoms with Gasteiger partial charge in [0.1, 0.15) is 12.4 Å². The van der Waals surface area contributed by atoms with Crippen molar-refractivity contribution in [3.8, 4) is 0 Å². The van der Waals surface area contributed by atoms with Gasteiger partial charge in [0.25, 0.3) is 5.90 Å². The Morgan fingerprint density at radius 1 is 1.25 bits per heavy atom. The second-order valence-corrected chi connectivity index (χ2v) is 5.27. The minimum absolute atomic E-state index is 0.150. The minimum Gasteiger partial charge on any atom is -0.473 e. The Hall–Kier alpha value is -2.37. The van der Waals surface area contributed by atoms with Crippen LogP contribution in [0.1, 0.15) is 19.7 Å². The molecule has 1 aliphatic heterocycles. The molecule has 20 heavy (non-hydrogen) atoms. The van der Waals surface area contributed by atoms with E-state index >= 15 is 0 Å². The summed E-state index contributed by atoms with van der Waals surface area (Å²) < 4.78 is 5.59. The molecule has 1 aromatic carbocycles. The Morgan fingerprint density at radius 2 is 2.05 bits per heavy atom. The lowest BCUT2D eigenvalue weighted by atomic mass is 10.1. The first-order valence-corrected chi connectivity index (χ1v) is 6.58. The van der Waals surface area contributed by atoms with Gasteiger partial charge in [0.2, 0.25) is 5.82 Å². The van der Waals surface area contributed by atoms with Gasteiger partial charge in [0.05, 0.1) is 11.6 Å². The fourth-order valence-electron chi connectivity index (χ4n) is 2.12. The van der Waals surface area contributed by atoms with Gasteiger partial charge in [-0.15, -0.1) is 0 Å². The summed E-state index contributed by atoms with van der Waals surface area (Å²) in [6.45, 7) is 4.79. The number of nitrogens with two attached hydrogens (primary N) is 2.